The van der Waals surface area contributed by atoms with Gasteiger partial charge in [0.1, 0.15) is 0 Å². The third-order valence-corrected chi connectivity index (χ3v) is 3.75. The minimum atomic E-state index is -0.363. The Kier molecular flexibility index (Phi) is 4.12. The molecule has 1 aliphatic carbocycles. The number of nitrogens with one attached hydrogen (secondary N) is 1. The van der Waals surface area contributed by atoms with Gasteiger partial charge in [-0.25, -0.2) is 0 Å². The predicted molar refractivity (Wildman–Crippen MR) is 62.2 cm³/mol. The van der Waals surface area contributed by atoms with Crippen LogP contribution in [0.3, 0.4) is 0 Å². The molecule has 2 amide bonds. The molecule has 1 atom stereocenters. The molecule has 0 radical (unpaired) electrons. The summed E-state index contributed by atoms with van der Waals surface area (Å²) in [6.45, 7) is 0.518. The van der Waals surface area contributed by atoms with E-state index in [1.807, 2.05) is 4.90 Å². The zero-order valence-corrected chi connectivity index (χ0v) is 10.0. The Bertz CT molecular complexity index is 300. The van der Waals surface area contributed by atoms with Crippen LogP contribution in [0.25, 0.3) is 0 Å². The average molecular weight is 240 g/mol. The van der Waals surface area contributed by atoms with Crippen LogP contribution in [0.5, 0.6) is 0 Å². The van der Waals surface area contributed by atoms with Gasteiger partial charge in [-0.05, 0) is 12.8 Å². The van der Waals surface area contributed by atoms with Gasteiger partial charge in [-0.2, -0.15) is 0 Å². The maximum absolute atomic E-state index is 11.7. The summed E-state index contributed by atoms with van der Waals surface area (Å²) in [5.41, 5.74) is 0. The Hall–Kier alpha value is -0.940. The zero-order valence-electron chi connectivity index (χ0n) is 10.0. The summed E-state index contributed by atoms with van der Waals surface area (Å²) >= 11 is 0. The summed E-state index contributed by atoms with van der Waals surface area (Å²) < 4.78 is 0. The molecule has 2 N–H and O–H groups in total. The Balaban J connectivity index is 2.05. The summed E-state index contributed by atoms with van der Waals surface area (Å²) in [5.74, 6) is -0.396. The van der Waals surface area contributed by atoms with Gasteiger partial charge in [0.25, 0.3) is 0 Å². The second kappa shape index (κ2) is 5.60. The Labute approximate surface area is 101 Å². The number of carbonyl (C=O) groups is 2. The van der Waals surface area contributed by atoms with Crippen LogP contribution >= 0.6 is 0 Å². The highest BCUT2D eigenvalue weighted by atomic mass is 16.3. The number of hydrogen-bond acceptors (Lipinski definition) is 4. The summed E-state index contributed by atoms with van der Waals surface area (Å²) in [4.78, 5) is 24.9. The lowest BCUT2D eigenvalue weighted by atomic mass is 9.93. The molecule has 96 valence electrons. The molecular weight excluding hydrogens is 220 g/mol. The van der Waals surface area contributed by atoms with Gasteiger partial charge in [0, 0.05) is 12.6 Å². The molecule has 1 heterocycles. The third-order valence-electron chi connectivity index (χ3n) is 3.75. The van der Waals surface area contributed by atoms with E-state index in [2.05, 4.69) is 5.32 Å². The lowest BCUT2D eigenvalue weighted by molar-refractivity contribution is -0.127. The van der Waals surface area contributed by atoms with Gasteiger partial charge in [-0.1, -0.05) is 19.3 Å². The minimum absolute atomic E-state index is 0.0362. The van der Waals surface area contributed by atoms with Crippen molar-refractivity contribution in [1.82, 2.24) is 10.2 Å². The molecule has 0 aromatic heterocycles. The maximum atomic E-state index is 11.7. The molecule has 1 aliphatic heterocycles. The van der Waals surface area contributed by atoms with E-state index in [0.717, 1.165) is 12.8 Å². The van der Waals surface area contributed by atoms with Crippen molar-refractivity contribution in [2.24, 2.45) is 0 Å². The van der Waals surface area contributed by atoms with Crippen LogP contribution in [0.2, 0.25) is 0 Å². The van der Waals surface area contributed by atoms with Crippen molar-refractivity contribution in [3.05, 3.63) is 0 Å². The number of carbonyl (C=O) groups excluding carboxylic acids is 2. The topological polar surface area (TPSA) is 69.6 Å². The number of nitrogens with zero attached hydrogens (tertiary/aromatic N) is 1. The summed E-state index contributed by atoms with van der Waals surface area (Å²) in [6, 6.07) is -0.0182. The minimum Gasteiger partial charge on any atom is -0.395 e. The van der Waals surface area contributed by atoms with Gasteiger partial charge in [0.15, 0.2) is 0 Å². The van der Waals surface area contributed by atoms with Gasteiger partial charge in [-0.3, -0.25) is 19.8 Å². The zero-order chi connectivity index (χ0) is 12.3. The number of amides is 2. The molecule has 2 rings (SSSR count). The first kappa shape index (κ1) is 12.5. The lowest BCUT2D eigenvalue weighted by Crippen LogP contribution is -2.48. The second-order valence-corrected chi connectivity index (χ2v) is 4.89. The third kappa shape index (κ3) is 2.84. The molecule has 0 bridgehead atoms. The Morgan fingerprint density at radius 3 is 2.47 bits per heavy atom. The van der Waals surface area contributed by atoms with Crippen molar-refractivity contribution in [1.29, 1.82) is 0 Å². The molecule has 2 aliphatic rings. The predicted octanol–water partition coefficient (Wildman–Crippen LogP) is 0.0285. The van der Waals surface area contributed by atoms with E-state index in [1.54, 1.807) is 0 Å². The van der Waals surface area contributed by atoms with Crippen LogP contribution in [0, 0.1) is 0 Å². The molecule has 1 unspecified atom stereocenters. The fourth-order valence-electron chi connectivity index (χ4n) is 2.93. The van der Waals surface area contributed by atoms with Crippen LogP contribution in [-0.2, 0) is 9.59 Å². The molecular formula is C12H20N2O3. The highest BCUT2D eigenvalue weighted by Crippen LogP contribution is 2.26. The highest BCUT2D eigenvalue weighted by Gasteiger charge is 2.38. The molecule has 17 heavy (non-hydrogen) atoms. The lowest BCUT2D eigenvalue weighted by Gasteiger charge is -2.36. The highest BCUT2D eigenvalue weighted by molar-refractivity contribution is 6.05. The average Bonchev–Trinajstić information content (AvgIpc) is 2.66. The summed E-state index contributed by atoms with van der Waals surface area (Å²) in [6.07, 6.45) is 5.98. The fraction of sp³-hybridized carbons (Fsp3) is 0.833. The summed E-state index contributed by atoms with van der Waals surface area (Å²) in [5, 5.41) is 11.5. The first-order valence-electron chi connectivity index (χ1n) is 6.42. The van der Waals surface area contributed by atoms with Gasteiger partial charge >= 0.3 is 0 Å². The number of hydrogen-bond donors (Lipinski definition) is 2. The van der Waals surface area contributed by atoms with Crippen LogP contribution < -0.4 is 5.32 Å². The standard InChI is InChI=1S/C12H20N2O3/c15-7-6-14(9-4-2-1-3-5-9)10-8-11(16)13-12(10)17/h9-10,15H,1-8H2,(H,13,16,17). The van der Waals surface area contributed by atoms with Crippen LogP contribution in [0.4, 0.5) is 0 Å². The van der Waals surface area contributed by atoms with E-state index in [4.69, 9.17) is 5.11 Å². The van der Waals surface area contributed by atoms with Crippen LogP contribution in [-0.4, -0.2) is 47.1 Å². The smallest absolute Gasteiger partial charge is 0.244 e. The normalized spacial score (nSPS) is 26.6. The molecule has 1 saturated heterocycles. The molecule has 0 aromatic carbocycles. The number of aliphatic hydroxyl groups excluding tert-OH is 1. The van der Waals surface area contributed by atoms with Gasteiger partial charge in [0.05, 0.1) is 19.1 Å². The SMILES string of the molecule is O=C1CC(N(CCO)C2CCCCC2)C(=O)N1. The monoisotopic (exact) mass is 240 g/mol. The molecule has 5 heteroatoms. The van der Waals surface area contributed by atoms with Gasteiger partial charge in [0.2, 0.25) is 11.8 Å². The second-order valence-electron chi connectivity index (χ2n) is 4.89. The van der Waals surface area contributed by atoms with E-state index in [9.17, 15) is 9.59 Å². The Morgan fingerprint density at radius 2 is 1.94 bits per heavy atom. The first-order valence-corrected chi connectivity index (χ1v) is 6.42. The quantitative estimate of drug-likeness (QED) is 0.680. The molecule has 5 nitrogen and oxygen atoms in total. The van der Waals surface area contributed by atoms with E-state index >= 15 is 0 Å². The maximum Gasteiger partial charge on any atom is 0.244 e. The largest absolute Gasteiger partial charge is 0.395 e. The van der Waals surface area contributed by atoms with E-state index in [0.29, 0.717) is 12.6 Å². The Morgan fingerprint density at radius 1 is 1.24 bits per heavy atom. The van der Waals surface area contributed by atoms with E-state index < -0.39 is 0 Å². The van der Waals surface area contributed by atoms with Crippen molar-refractivity contribution in [2.75, 3.05) is 13.2 Å². The molecule has 1 saturated carbocycles. The number of rotatable bonds is 4. The van der Waals surface area contributed by atoms with E-state index in [-0.39, 0.29) is 30.9 Å². The van der Waals surface area contributed by atoms with Gasteiger partial charge in [-0.15, -0.1) is 0 Å². The van der Waals surface area contributed by atoms with Crippen molar-refractivity contribution in [3.8, 4) is 0 Å². The van der Waals surface area contributed by atoms with Crippen LogP contribution in [0.15, 0.2) is 0 Å². The number of aliphatic hydroxyl groups is 1. The molecule has 2 fully saturated rings. The first-order chi connectivity index (χ1) is 8.22. The van der Waals surface area contributed by atoms with Crippen LogP contribution in [0.1, 0.15) is 38.5 Å². The van der Waals surface area contributed by atoms with E-state index in [1.165, 1.54) is 19.3 Å². The molecule has 0 aromatic rings. The number of imide groups is 1. The van der Waals surface area contributed by atoms with Gasteiger partial charge < -0.3 is 5.11 Å². The van der Waals surface area contributed by atoms with Crippen molar-refractivity contribution in [2.45, 2.75) is 50.6 Å². The van der Waals surface area contributed by atoms with Crippen molar-refractivity contribution < 1.29 is 14.7 Å². The molecule has 0 spiro atoms. The van der Waals surface area contributed by atoms with Crippen molar-refractivity contribution >= 4 is 11.8 Å². The fourth-order valence-corrected chi connectivity index (χ4v) is 2.93. The summed E-state index contributed by atoms with van der Waals surface area (Å²) in [7, 11) is 0. The van der Waals surface area contributed by atoms with Crippen molar-refractivity contribution in [3.63, 3.8) is 0 Å².